The molecule has 2 rings (SSSR count). The predicted molar refractivity (Wildman–Crippen MR) is 87.3 cm³/mol. The van der Waals surface area contributed by atoms with Crippen LogP contribution in [0.2, 0.25) is 0 Å². The third kappa shape index (κ3) is 4.84. The molecule has 0 aliphatic carbocycles. The van der Waals surface area contributed by atoms with Crippen LogP contribution in [0.25, 0.3) is 0 Å². The minimum absolute atomic E-state index is 0.0127. The molecule has 1 amide bonds. The second kappa shape index (κ2) is 7.94. The maximum absolute atomic E-state index is 12.7. The lowest BCUT2D eigenvalue weighted by molar-refractivity contribution is 0.0952. The topological polar surface area (TPSA) is 38.3 Å². The van der Waals surface area contributed by atoms with Crippen molar-refractivity contribution in [3.05, 3.63) is 51.5 Å². The fraction of sp³-hybridized carbons (Fsp3) is 0.353. The van der Waals surface area contributed by atoms with Gasteiger partial charge in [0.05, 0.1) is 12.2 Å². The van der Waals surface area contributed by atoms with Gasteiger partial charge in [-0.05, 0) is 57.0 Å². The monoisotopic (exact) mass is 321 g/mol. The van der Waals surface area contributed by atoms with Gasteiger partial charge in [0.1, 0.15) is 11.6 Å². The molecule has 5 heteroatoms. The number of benzene rings is 1. The van der Waals surface area contributed by atoms with Gasteiger partial charge in [-0.15, -0.1) is 11.3 Å². The van der Waals surface area contributed by atoms with Crippen LogP contribution < -0.4 is 10.1 Å². The Morgan fingerprint density at radius 3 is 2.59 bits per heavy atom. The van der Waals surface area contributed by atoms with Gasteiger partial charge in [0.2, 0.25) is 0 Å². The van der Waals surface area contributed by atoms with Crippen molar-refractivity contribution in [2.75, 3.05) is 13.2 Å². The molecule has 3 nitrogen and oxygen atoms in total. The summed E-state index contributed by atoms with van der Waals surface area (Å²) in [5.74, 6) is 0.380. The SMILES string of the molecule is Cc1cc(C(=O)NCCCCOc2ccc(F)cc2)c(C)s1. The number of rotatable bonds is 7. The summed E-state index contributed by atoms with van der Waals surface area (Å²) in [6.45, 7) is 5.14. The fourth-order valence-corrected chi connectivity index (χ4v) is 3.02. The predicted octanol–water partition coefficient (Wildman–Crippen LogP) is 4.09. The fourth-order valence-electron chi connectivity index (χ4n) is 2.10. The van der Waals surface area contributed by atoms with E-state index in [1.807, 2.05) is 19.9 Å². The Morgan fingerprint density at radius 1 is 1.23 bits per heavy atom. The first-order chi connectivity index (χ1) is 10.6. The summed E-state index contributed by atoms with van der Waals surface area (Å²) in [5.41, 5.74) is 0.769. The van der Waals surface area contributed by atoms with Gasteiger partial charge >= 0.3 is 0 Å². The van der Waals surface area contributed by atoms with Crippen molar-refractivity contribution in [3.63, 3.8) is 0 Å². The van der Waals surface area contributed by atoms with Crippen molar-refractivity contribution in [2.45, 2.75) is 26.7 Å². The number of halogens is 1. The number of nitrogens with one attached hydrogen (secondary N) is 1. The molecule has 0 saturated heterocycles. The number of hydrogen-bond acceptors (Lipinski definition) is 3. The summed E-state index contributed by atoms with van der Waals surface area (Å²) >= 11 is 1.64. The van der Waals surface area contributed by atoms with E-state index >= 15 is 0 Å². The van der Waals surface area contributed by atoms with Gasteiger partial charge in [-0.2, -0.15) is 0 Å². The second-order valence-corrected chi connectivity index (χ2v) is 6.55. The van der Waals surface area contributed by atoms with Crippen LogP contribution in [-0.2, 0) is 0 Å². The quantitative estimate of drug-likeness (QED) is 0.780. The van der Waals surface area contributed by atoms with E-state index in [1.54, 1.807) is 23.5 Å². The number of aryl methyl sites for hydroxylation is 2. The Hall–Kier alpha value is -1.88. The lowest BCUT2D eigenvalue weighted by Crippen LogP contribution is -2.24. The van der Waals surface area contributed by atoms with Crippen LogP contribution >= 0.6 is 11.3 Å². The Kier molecular flexibility index (Phi) is 5.95. The van der Waals surface area contributed by atoms with E-state index in [4.69, 9.17) is 4.74 Å². The molecule has 118 valence electrons. The zero-order valence-corrected chi connectivity index (χ0v) is 13.6. The molecule has 0 radical (unpaired) electrons. The highest BCUT2D eigenvalue weighted by atomic mass is 32.1. The Labute approximate surface area is 134 Å². The van der Waals surface area contributed by atoms with Crippen LogP contribution in [0.15, 0.2) is 30.3 Å². The van der Waals surface area contributed by atoms with Gasteiger partial charge < -0.3 is 10.1 Å². The van der Waals surface area contributed by atoms with E-state index in [0.29, 0.717) is 18.9 Å². The highest BCUT2D eigenvalue weighted by Gasteiger charge is 2.10. The largest absolute Gasteiger partial charge is 0.494 e. The first-order valence-electron chi connectivity index (χ1n) is 7.30. The summed E-state index contributed by atoms with van der Waals surface area (Å²) in [5, 5.41) is 2.92. The van der Waals surface area contributed by atoms with Gasteiger partial charge in [0.25, 0.3) is 5.91 Å². The van der Waals surface area contributed by atoms with E-state index in [1.165, 1.54) is 12.1 Å². The molecule has 22 heavy (non-hydrogen) atoms. The average molecular weight is 321 g/mol. The van der Waals surface area contributed by atoms with Crippen LogP contribution in [0.5, 0.6) is 5.75 Å². The van der Waals surface area contributed by atoms with Gasteiger partial charge in [0, 0.05) is 16.3 Å². The van der Waals surface area contributed by atoms with Crippen LogP contribution in [0, 0.1) is 19.7 Å². The number of ether oxygens (including phenoxy) is 1. The number of amides is 1. The van der Waals surface area contributed by atoms with Crippen molar-refractivity contribution >= 4 is 17.2 Å². The Balaban J connectivity index is 1.62. The smallest absolute Gasteiger partial charge is 0.252 e. The molecule has 0 spiro atoms. The molecular formula is C17H20FNO2S. The van der Waals surface area contributed by atoms with E-state index in [0.717, 1.165) is 28.2 Å². The third-order valence-electron chi connectivity index (χ3n) is 3.22. The summed E-state index contributed by atoms with van der Waals surface area (Å²) in [6.07, 6.45) is 1.68. The van der Waals surface area contributed by atoms with Crippen LogP contribution in [-0.4, -0.2) is 19.1 Å². The highest BCUT2D eigenvalue weighted by Crippen LogP contribution is 2.20. The maximum atomic E-state index is 12.7. The van der Waals surface area contributed by atoms with E-state index in [-0.39, 0.29) is 11.7 Å². The molecule has 0 aliphatic heterocycles. The molecule has 1 aromatic heterocycles. The Morgan fingerprint density at radius 2 is 1.95 bits per heavy atom. The van der Waals surface area contributed by atoms with Crippen molar-refractivity contribution in [1.29, 1.82) is 0 Å². The molecule has 0 aliphatic rings. The molecule has 0 bridgehead atoms. The van der Waals surface area contributed by atoms with Crippen LogP contribution in [0.1, 0.15) is 33.0 Å². The number of hydrogen-bond donors (Lipinski definition) is 1. The zero-order valence-electron chi connectivity index (χ0n) is 12.8. The zero-order chi connectivity index (χ0) is 15.9. The van der Waals surface area contributed by atoms with E-state index in [9.17, 15) is 9.18 Å². The standard InChI is InChI=1S/C17H20FNO2S/c1-12-11-16(13(2)22-12)17(20)19-9-3-4-10-21-15-7-5-14(18)6-8-15/h5-8,11H,3-4,9-10H2,1-2H3,(H,19,20). The molecule has 1 aromatic carbocycles. The molecule has 0 saturated carbocycles. The van der Waals surface area contributed by atoms with E-state index in [2.05, 4.69) is 5.32 Å². The molecule has 0 fully saturated rings. The summed E-state index contributed by atoms with van der Waals surface area (Å²) in [6, 6.07) is 7.89. The minimum atomic E-state index is -0.269. The molecular weight excluding hydrogens is 301 g/mol. The van der Waals surface area contributed by atoms with Crippen LogP contribution in [0.3, 0.4) is 0 Å². The van der Waals surface area contributed by atoms with Gasteiger partial charge in [-0.1, -0.05) is 0 Å². The molecule has 1 N–H and O–H groups in total. The second-order valence-electron chi connectivity index (χ2n) is 5.09. The first kappa shape index (κ1) is 16.5. The van der Waals surface area contributed by atoms with Crippen molar-refractivity contribution < 1.29 is 13.9 Å². The number of carbonyl (C=O) groups is 1. The molecule has 0 atom stereocenters. The van der Waals surface area contributed by atoms with Crippen molar-refractivity contribution in [2.24, 2.45) is 0 Å². The lowest BCUT2D eigenvalue weighted by atomic mass is 10.2. The van der Waals surface area contributed by atoms with Gasteiger partial charge in [-0.25, -0.2) is 4.39 Å². The van der Waals surface area contributed by atoms with E-state index < -0.39 is 0 Å². The van der Waals surface area contributed by atoms with Crippen LogP contribution in [0.4, 0.5) is 4.39 Å². The lowest BCUT2D eigenvalue weighted by Gasteiger charge is -2.07. The third-order valence-corrected chi connectivity index (χ3v) is 4.19. The number of carbonyl (C=O) groups excluding carboxylic acids is 1. The molecule has 1 heterocycles. The number of unbranched alkanes of at least 4 members (excludes halogenated alkanes) is 1. The van der Waals surface area contributed by atoms with Gasteiger partial charge in [-0.3, -0.25) is 4.79 Å². The highest BCUT2D eigenvalue weighted by molar-refractivity contribution is 7.12. The summed E-state index contributed by atoms with van der Waals surface area (Å²) in [7, 11) is 0. The van der Waals surface area contributed by atoms with Crippen molar-refractivity contribution in [1.82, 2.24) is 5.32 Å². The molecule has 0 unspecified atom stereocenters. The summed E-state index contributed by atoms with van der Waals surface area (Å²) in [4.78, 5) is 14.2. The van der Waals surface area contributed by atoms with Crippen molar-refractivity contribution in [3.8, 4) is 5.75 Å². The Bertz CT molecular complexity index is 622. The molecule has 2 aromatic rings. The minimum Gasteiger partial charge on any atom is -0.494 e. The maximum Gasteiger partial charge on any atom is 0.252 e. The first-order valence-corrected chi connectivity index (χ1v) is 8.11. The summed E-state index contributed by atoms with van der Waals surface area (Å²) < 4.78 is 18.2. The normalized spacial score (nSPS) is 10.5. The van der Waals surface area contributed by atoms with Gasteiger partial charge in [0.15, 0.2) is 0 Å². The average Bonchev–Trinajstić information content (AvgIpc) is 2.83. The number of thiophene rings is 1.